The molecule has 0 saturated heterocycles. The Labute approximate surface area is 122 Å². The Hall–Kier alpha value is -1.66. The van der Waals surface area contributed by atoms with E-state index in [2.05, 4.69) is 4.90 Å². The number of rotatable bonds is 7. The number of hydrogen-bond acceptors (Lipinski definition) is 5. The predicted octanol–water partition coefficient (Wildman–Crippen LogP) is 2.75. The fourth-order valence-corrected chi connectivity index (χ4v) is 1.86. The van der Waals surface area contributed by atoms with E-state index in [1.807, 2.05) is 13.8 Å². The van der Waals surface area contributed by atoms with Gasteiger partial charge in [-0.1, -0.05) is 25.4 Å². The van der Waals surface area contributed by atoms with Crippen LogP contribution in [0.5, 0.6) is 0 Å². The molecule has 0 aliphatic heterocycles. The summed E-state index contributed by atoms with van der Waals surface area (Å²) < 4.78 is 5.09. The fourth-order valence-electron chi connectivity index (χ4n) is 1.67. The third-order valence-electron chi connectivity index (χ3n) is 2.91. The quantitative estimate of drug-likeness (QED) is 0.440. The highest BCUT2D eigenvalue weighted by atomic mass is 35.5. The van der Waals surface area contributed by atoms with Crippen molar-refractivity contribution in [3.63, 3.8) is 0 Å². The van der Waals surface area contributed by atoms with E-state index in [0.717, 1.165) is 19.2 Å². The van der Waals surface area contributed by atoms with Crippen LogP contribution < -0.4 is 0 Å². The zero-order valence-corrected chi connectivity index (χ0v) is 12.2. The summed E-state index contributed by atoms with van der Waals surface area (Å²) in [7, 11) is 0. The van der Waals surface area contributed by atoms with Gasteiger partial charge in [0.05, 0.1) is 10.5 Å². The first kappa shape index (κ1) is 16.4. The van der Waals surface area contributed by atoms with Crippen LogP contribution in [0.25, 0.3) is 0 Å². The molecule has 0 radical (unpaired) electrons. The number of nitro groups is 1. The maximum absolute atomic E-state index is 11.8. The lowest BCUT2D eigenvalue weighted by molar-refractivity contribution is -0.384. The topological polar surface area (TPSA) is 72.7 Å². The van der Waals surface area contributed by atoms with E-state index >= 15 is 0 Å². The molecule has 0 aromatic heterocycles. The zero-order valence-electron chi connectivity index (χ0n) is 11.5. The number of benzene rings is 1. The summed E-state index contributed by atoms with van der Waals surface area (Å²) >= 11 is 5.68. The number of ether oxygens (including phenoxy) is 1. The number of hydrogen-bond donors (Lipinski definition) is 0. The van der Waals surface area contributed by atoms with Crippen molar-refractivity contribution in [3.8, 4) is 0 Å². The highest BCUT2D eigenvalue weighted by Crippen LogP contribution is 2.25. The SMILES string of the molecule is CCN(CC)CCOC(=O)c1ccc(Cl)c([N+](=O)[O-])c1. The second-order valence-electron chi connectivity index (χ2n) is 4.09. The standard InChI is InChI=1S/C13H17ClN2O4/c1-3-15(4-2)7-8-20-13(17)10-5-6-11(14)12(9-10)16(18)19/h5-6,9H,3-4,7-8H2,1-2H3. The van der Waals surface area contributed by atoms with Crippen LogP contribution in [-0.4, -0.2) is 42.0 Å². The molecule has 1 rings (SSSR count). The van der Waals surface area contributed by atoms with Crippen molar-refractivity contribution >= 4 is 23.3 Å². The Morgan fingerprint density at radius 1 is 1.40 bits per heavy atom. The highest BCUT2D eigenvalue weighted by Gasteiger charge is 2.17. The summed E-state index contributed by atoms with van der Waals surface area (Å²) in [4.78, 5) is 24.0. The van der Waals surface area contributed by atoms with Gasteiger partial charge in [0.2, 0.25) is 0 Å². The number of carbonyl (C=O) groups excluding carboxylic acids is 1. The van der Waals surface area contributed by atoms with Crippen LogP contribution in [0.1, 0.15) is 24.2 Å². The fraction of sp³-hybridized carbons (Fsp3) is 0.462. The zero-order chi connectivity index (χ0) is 15.1. The molecule has 0 heterocycles. The summed E-state index contributed by atoms with van der Waals surface area (Å²) in [5, 5.41) is 10.7. The van der Waals surface area contributed by atoms with Crippen LogP contribution in [-0.2, 0) is 4.74 Å². The number of nitro benzene ring substituents is 1. The van der Waals surface area contributed by atoms with E-state index in [-0.39, 0.29) is 22.9 Å². The maximum atomic E-state index is 11.8. The van der Waals surface area contributed by atoms with E-state index in [1.54, 1.807) is 0 Å². The molecule has 0 amide bonds. The van der Waals surface area contributed by atoms with Crippen molar-refractivity contribution in [1.82, 2.24) is 4.90 Å². The summed E-state index contributed by atoms with van der Waals surface area (Å²) in [5.74, 6) is -0.586. The first-order valence-corrected chi connectivity index (χ1v) is 6.70. The molecule has 0 aliphatic rings. The lowest BCUT2D eigenvalue weighted by Crippen LogP contribution is -2.27. The number of likely N-dealkylation sites (N-methyl/N-ethyl adjacent to an activating group) is 1. The normalized spacial score (nSPS) is 10.6. The second-order valence-corrected chi connectivity index (χ2v) is 4.49. The molecule has 0 unspecified atom stereocenters. The minimum absolute atomic E-state index is 0.00492. The summed E-state index contributed by atoms with van der Waals surface area (Å²) in [6.45, 7) is 6.67. The molecule has 7 heteroatoms. The predicted molar refractivity (Wildman–Crippen MR) is 76.2 cm³/mol. The summed E-state index contributed by atoms with van der Waals surface area (Å²) in [6, 6.07) is 3.86. The number of halogens is 1. The van der Waals surface area contributed by atoms with Gasteiger partial charge in [0, 0.05) is 12.6 Å². The third kappa shape index (κ3) is 4.47. The van der Waals surface area contributed by atoms with E-state index in [0.29, 0.717) is 6.54 Å². The molecule has 1 aromatic rings. The molecule has 0 N–H and O–H groups in total. The maximum Gasteiger partial charge on any atom is 0.338 e. The van der Waals surface area contributed by atoms with Crippen LogP contribution in [0.4, 0.5) is 5.69 Å². The minimum Gasteiger partial charge on any atom is -0.461 e. The van der Waals surface area contributed by atoms with Gasteiger partial charge in [0.1, 0.15) is 11.6 Å². The van der Waals surface area contributed by atoms with Crippen molar-refractivity contribution < 1.29 is 14.5 Å². The van der Waals surface area contributed by atoms with Gasteiger partial charge in [0.15, 0.2) is 0 Å². The lowest BCUT2D eigenvalue weighted by atomic mass is 10.2. The van der Waals surface area contributed by atoms with E-state index in [1.165, 1.54) is 12.1 Å². The average molecular weight is 301 g/mol. The molecular weight excluding hydrogens is 284 g/mol. The number of carbonyl (C=O) groups is 1. The monoisotopic (exact) mass is 300 g/mol. The lowest BCUT2D eigenvalue weighted by Gasteiger charge is -2.17. The van der Waals surface area contributed by atoms with Crippen LogP contribution in [0.15, 0.2) is 18.2 Å². The molecule has 20 heavy (non-hydrogen) atoms. The first-order valence-electron chi connectivity index (χ1n) is 6.33. The van der Waals surface area contributed by atoms with Crippen molar-refractivity contribution in [1.29, 1.82) is 0 Å². The summed E-state index contributed by atoms with van der Waals surface area (Å²) in [5.41, 5.74) is -0.175. The third-order valence-corrected chi connectivity index (χ3v) is 3.23. The molecule has 0 saturated carbocycles. The van der Waals surface area contributed by atoms with Crippen LogP contribution in [0.3, 0.4) is 0 Å². The molecule has 6 nitrogen and oxygen atoms in total. The van der Waals surface area contributed by atoms with Gasteiger partial charge >= 0.3 is 5.97 Å². The van der Waals surface area contributed by atoms with Crippen molar-refractivity contribution in [2.75, 3.05) is 26.2 Å². The Kier molecular flexibility index (Phi) is 6.41. The van der Waals surface area contributed by atoms with Crippen molar-refractivity contribution in [3.05, 3.63) is 38.9 Å². The van der Waals surface area contributed by atoms with Gasteiger partial charge in [-0.3, -0.25) is 10.1 Å². The second kappa shape index (κ2) is 7.81. The van der Waals surface area contributed by atoms with Crippen LogP contribution >= 0.6 is 11.6 Å². The van der Waals surface area contributed by atoms with E-state index < -0.39 is 10.9 Å². The first-order chi connectivity index (χ1) is 9.49. The van der Waals surface area contributed by atoms with Crippen molar-refractivity contribution in [2.45, 2.75) is 13.8 Å². The van der Waals surface area contributed by atoms with E-state index in [4.69, 9.17) is 16.3 Å². The Bertz CT molecular complexity index is 489. The smallest absolute Gasteiger partial charge is 0.338 e. The van der Waals surface area contributed by atoms with Crippen LogP contribution in [0, 0.1) is 10.1 Å². The molecule has 0 bridgehead atoms. The van der Waals surface area contributed by atoms with Gasteiger partial charge in [0.25, 0.3) is 5.69 Å². The number of nitrogens with zero attached hydrogens (tertiary/aromatic N) is 2. The van der Waals surface area contributed by atoms with Gasteiger partial charge in [-0.05, 0) is 25.2 Å². The highest BCUT2D eigenvalue weighted by molar-refractivity contribution is 6.32. The largest absolute Gasteiger partial charge is 0.461 e. The molecule has 0 fully saturated rings. The summed E-state index contributed by atoms with van der Waals surface area (Å²) in [6.07, 6.45) is 0. The number of esters is 1. The van der Waals surface area contributed by atoms with Gasteiger partial charge in [-0.25, -0.2) is 4.79 Å². The van der Waals surface area contributed by atoms with Gasteiger partial charge in [-0.15, -0.1) is 0 Å². The van der Waals surface area contributed by atoms with Gasteiger partial charge in [-0.2, -0.15) is 0 Å². The van der Waals surface area contributed by atoms with Gasteiger partial charge < -0.3 is 9.64 Å². The Balaban J connectivity index is 2.64. The Morgan fingerprint density at radius 2 is 2.05 bits per heavy atom. The molecule has 110 valence electrons. The van der Waals surface area contributed by atoms with E-state index in [9.17, 15) is 14.9 Å². The molecule has 0 atom stereocenters. The molecule has 1 aromatic carbocycles. The average Bonchev–Trinajstić information content (AvgIpc) is 2.43. The molecule has 0 spiro atoms. The molecule has 0 aliphatic carbocycles. The van der Waals surface area contributed by atoms with Crippen molar-refractivity contribution in [2.24, 2.45) is 0 Å². The minimum atomic E-state index is -0.630. The molecular formula is C13H17ClN2O4. The Morgan fingerprint density at radius 3 is 2.60 bits per heavy atom. The van der Waals surface area contributed by atoms with Crippen LogP contribution in [0.2, 0.25) is 5.02 Å².